The van der Waals surface area contributed by atoms with Crippen molar-refractivity contribution in [3.8, 4) is 0 Å². The Bertz CT molecular complexity index is 79.6. The monoisotopic (exact) mass is 196 g/mol. The van der Waals surface area contributed by atoms with Crippen molar-refractivity contribution in [2.75, 3.05) is 5.88 Å². The summed E-state index contributed by atoms with van der Waals surface area (Å²) in [5, 5.41) is -1.55. The smallest absolute Gasteiger partial charge is 0.170 e. The Morgan fingerprint density at radius 3 is 2.00 bits per heavy atom. The van der Waals surface area contributed by atoms with E-state index in [1.54, 1.807) is 0 Å². The van der Waals surface area contributed by atoms with Crippen LogP contribution >= 0.6 is 34.1 Å². The predicted octanol–water partition coefficient (Wildman–Crippen LogP) is 2.73. The summed E-state index contributed by atoms with van der Waals surface area (Å²) in [6.45, 7) is 0. The quantitative estimate of drug-likeness (QED) is 0.403. The van der Waals surface area contributed by atoms with Crippen LogP contribution in [-0.4, -0.2) is 17.3 Å². The van der Waals surface area contributed by atoms with E-state index in [2.05, 4.69) is 11.7 Å². The van der Waals surface area contributed by atoms with E-state index < -0.39 is 17.3 Å². The molecule has 0 aliphatic heterocycles. The van der Waals surface area contributed by atoms with Crippen LogP contribution in [0.25, 0.3) is 0 Å². The number of thiol groups is 1. The SMILES string of the molecule is FC(F)(F)C(CCl)SS. The third-order valence-corrected chi connectivity index (χ3v) is 2.58. The maximum absolute atomic E-state index is 11.6. The van der Waals surface area contributed by atoms with Gasteiger partial charge in [-0.3, -0.25) is 0 Å². The molecule has 0 radical (unpaired) electrons. The molecule has 0 saturated carbocycles. The van der Waals surface area contributed by atoms with E-state index in [1.807, 2.05) is 0 Å². The molecule has 0 bridgehead atoms. The molecule has 0 spiro atoms. The van der Waals surface area contributed by atoms with Crippen molar-refractivity contribution >= 4 is 34.1 Å². The fourth-order valence-corrected chi connectivity index (χ4v) is 1.56. The number of halogens is 4. The van der Waals surface area contributed by atoms with Crippen LogP contribution in [0, 0.1) is 0 Å². The standard InChI is InChI=1S/C3H4ClF3S2/c4-1-2(9-8)3(5,6)7/h2,8H,1H2. The average Bonchev–Trinajstić information content (AvgIpc) is 1.65. The Kier molecular flexibility index (Phi) is 4.16. The number of alkyl halides is 4. The lowest BCUT2D eigenvalue weighted by molar-refractivity contribution is -0.124. The fraction of sp³-hybridized carbons (Fsp3) is 1.00. The molecule has 0 fully saturated rings. The van der Waals surface area contributed by atoms with Crippen molar-refractivity contribution in [1.82, 2.24) is 0 Å². The highest BCUT2D eigenvalue weighted by atomic mass is 35.5. The molecule has 0 aromatic carbocycles. The molecule has 1 unspecified atom stereocenters. The lowest BCUT2D eigenvalue weighted by atomic mass is 10.5. The van der Waals surface area contributed by atoms with Crippen molar-refractivity contribution in [1.29, 1.82) is 0 Å². The van der Waals surface area contributed by atoms with E-state index in [1.165, 1.54) is 0 Å². The molecule has 0 rings (SSSR count). The Labute approximate surface area is 64.9 Å². The largest absolute Gasteiger partial charge is 0.402 e. The van der Waals surface area contributed by atoms with Gasteiger partial charge in [0.1, 0.15) is 5.25 Å². The van der Waals surface area contributed by atoms with E-state index in [9.17, 15) is 13.2 Å². The van der Waals surface area contributed by atoms with Gasteiger partial charge >= 0.3 is 6.18 Å². The Hall–Kier alpha value is 0.780. The zero-order valence-corrected chi connectivity index (χ0v) is 6.62. The Morgan fingerprint density at radius 1 is 1.56 bits per heavy atom. The van der Waals surface area contributed by atoms with Gasteiger partial charge in [-0.1, -0.05) is 10.8 Å². The molecule has 0 aliphatic rings. The van der Waals surface area contributed by atoms with E-state index in [0.29, 0.717) is 10.8 Å². The number of hydrogen-bond donors (Lipinski definition) is 1. The topological polar surface area (TPSA) is 0 Å². The van der Waals surface area contributed by atoms with Gasteiger partial charge in [-0.05, 0) is 0 Å². The minimum Gasteiger partial charge on any atom is -0.170 e. The summed E-state index contributed by atoms with van der Waals surface area (Å²) in [6, 6.07) is 0. The molecule has 0 N–H and O–H groups in total. The third-order valence-electron chi connectivity index (χ3n) is 0.632. The Morgan fingerprint density at radius 2 is 2.00 bits per heavy atom. The lowest BCUT2D eigenvalue weighted by Crippen LogP contribution is -2.25. The van der Waals surface area contributed by atoms with Crippen molar-refractivity contribution in [2.45, 2.75) is 11.4 Å². The van der Waals surface area contributed by atoms with Gasteiger partial charge in [0.05, 0.1) is 0 Å². The van der Waals surface area contributed by atoms with Crippen LogP contribution < -0.4 is 0 Å². The van der Waals surface area contributed by atoms with E-state index >= 15 is 0 Å². The second-order valence-corrected chi connectivity index (χ2v) is 3.01. The van der Waals surface area contributed by atoms with Crippen LogP contribution in [0.2, 0.25) is 0 Å². The first kappa shape index (κ1) is 9.78. The van der Waals surface area contributed by atoms with Crippen LogP contribution in [0.5, 0.6) is 0 Å². The molecule has 9 heavy (non-hydrogen) atoms. The number of rotatable bonds is 2. The summed E-state index contributed by atoms with van der Waals surface area (Å²) < 4.78 is 34.7. The molecule has 0 aromatic rings. The van der Waals surface area contributed by atoms with E-state index in [0.717, 1.165) is 0 Å². The van der Waals surface area contributed by atoms with Gasteiger partial charge in [-0.2, -0.15) is 13.2 Å². The molecule has 0 amide bonds. The highest BCUT2D eigenvalue weighted by Crippen LogP contribution is 2.32. The summed E-state index contributed by atoms with van der Waals surface area (Å²) in [4.78, 5) is 0. The summed E-state index contributed by atoms with van der Waals surface area (Å²) in [6.07, 6.45) is -4.23. The number of hydrogen-bond acceptors (Lipinski definition) is 2. The highest BCUT2D eigenvalue weighted by molar-refractivity contribution is 8.68. The predicted molar refractivity (Wildman–Crippen MR) is 37.1 cm³/mol. The maximum atomic E-state index is 11.6. The summed E-state index contributed by atoms with van der Waals surface area (Å²) in [5.74, 6) is -0.447. The van der Waals surface area contributed by atoms with E-state index in [4.69, 9.17) is 11.6 Å². The van der Waals surface area contributed by atoms with E-state index in [-0.39, 0.29) is 0 Å². The van der Waals surface area contributed by atoms with Gasteiger partial charge in [0, 0.05) is 5.88 Å². The van der Waals surface area contributed by atoms with Crippen molar-refractivity contribution in [3.05, 3.63) is 0 Å². The molecular weight excluding hydrogens is 193 g/mol. The highest BCUT2D eigenvalue weighted by Gasteiger charge is 2.38. The first-order chi connectivity index (χ1) is 4.02. The van der Waals surface area contributed by atoms with Crippen molar-refractivity contribution in [3.63, 3.8) is 0 Å². The summed E-state index contributed by atoms with van der Waals surface area (Å²) in [7, 11) is 0.414. The molecule has 1 atom stereocenters. The minimum absolute atomic E-state index is 0.414. The van der Waals surface area contributed by atoms with Gasteiger partial charge < -0.3 is 0 Å². The Balaban J connectivity index is 3.79. The van der Waals surface area contributed by atoms with Crippen LogP contribution in [-0.2, 0) is 0 Å². The average molecular weight is 197 g/mol. The second-order valence-electron chi connectivity index (χ2n) is 1.29. The second kappa shape index (κ2) is 3.83. The van der Waals surface area contributed by atoms with Gasteiger partial charge in [-0.15, -0.1) is 23.3 Å². The molecule has 0 saturated heterocycles. The molecule has 56 valence electrons. The normalized spacial score (nSPS) is 15.7. The van der Waals surface area contributed by atoms with Crippen LogP contribution in [0.4, 0.5) is 13.2 Å². The zero-order chi connectivity index (χ0) is 7.49. The first-order valence-electron chi connectivity index (χ1n) is 1.95. The lowest BCUT2D eigenvalue weighted by Gasteiger charge is -2.12. The van der Waals surface area contributed by atoms with Gasteiger partial charge in [-0.25, -0.2) is 0 Å². The van der Waals surface area contributed by atoms with Crippen LogP contribution in [0.1, 0.15) is 0 Å². The summed E-state index contributed by atoms with van der Waals surface area (Å²) in [5.41, 5.74) is 0. The molecule has 0 aliphatic carbocycles. The van der Waals surface area contributed by atoms with Crippen molar-refractivity contribution in [2.24, 2.45) is 0 Å². The maximum Gasteiger partial charge on any atom is 0.402 e. The van der Waals surface area contributed by atoms with Gasteiger partial charge in [0.15, 0.2) is 0 Å². The zero-order valence-electron chi connectivity index (χ0n) is 4.15. The molecule has 6 heteroatoms. The minimum atomic E-state index is -4.23. The van der Waals surface area contributed by atoms with Gasteiger partial charge in [0.25, 0.3) is 0 Å². The van der Waals surface area contributed by atoms with Crippen molar-refractivity contribution < 1.29 is 13.2 Å². The first-order valence-corrected chi connectivity index (χ1v) is 4.42. The molecule has 0 aromatic heterocycles. The van der Waals surface area contributed by atoms with Crippen LogP contribution in [0.3, 0.4) is 0 Å². The fourth-order valence-electron chi connectivity index (χ4n) is 0.175. The third kappa shape index (κ3) is 3.47. The van der Waals surface area contributed by atoms with Gasteiger partial charge in [0.2, 0.25) is 0 Å². The molecule has 0 heterocycles. The summed E-state index contributed by atoms with van der Waals surface area (Å²) >= 11 is 8.36. The van der Waals surface area contributed by atoms with Crippen LogP contribution in [0.15, 0.2) is 0 Å². The molecular formula is C3H4ClF3S2. The molecule has 0 nitrogen and oxygen atoms in total.